The number of carboxylic acids is 1. The molecule has 7 heteroatoms. The summed E-state index contributed by atoms with van der Waals surface area (Å²) >= 11 is 6.01. The Kier molecular flexibility index (Phi) is 6.58. The molecule has 0 heterocycles. The molecule has 2 rings (SSSR count). The van der Waals surface area contributed by atoms with Crippen molar-refractivity contribution >= 4 is 35.1 Å². The van der Waals surface area contributed by atoms with Crippen LogP contribution in [0.4, 0.5) is 5.69 Å². The van der Waals surface area contributed by atoms with Gasteiger partial charge in [0.2, 0.25) is 5.91 Å². The van der Waals surface area contributed by atoms with Crippen LogP contribution in [0.15, 0.2) is 48.5 Å². The van der Waals surface area contributed by atoms with Crippen LogP contribution in [0.5, 0.6) is 0 Å². The van der Waals surface area contributed by atoms with Crippen molar-refractivity contribution in [3.63, 3.8) is 0 Å². The van der Waals surface area contributed by atoms with E-state index >= 15 is 0 Å². The van der Waals surface area contributed by atoms with Crippen LogP contribution in [0.1, 0.15) is 36.2 Å². The second-order valence-electron chi connectivity index (χ2n) is 6.57. The number of hydrogen-bond acceptors (Lipinski definition) is 3. The number of amides is 2. The van der Waals surface area contributed by atoms with Gasteiger partial charge in [-0.3, -0.25) is 14.4 Å². The first-order valence-electron chi connectivity index (χ1n) is 8.37. The summed E-state index contributed by atoms with van der Waals surface area (Å²) in [6, 6.07) is 13.5. The fraction of sp³-hybridized carbons (Fsp3) is 0.250. The minimum absolute atomic E-state index is 0.0560. The summed E-state index contributed by atoms with van der Waals surface area (Å²) in [4.78, 5) is 35.1. The molecular formula is C20H21ClN2O4. The zero-order valence-corrected chi connectivity index (χ0v) is 15.8. The molecule has 27 heavy (non-hydrogen) atoms. The Balaban J connectivity index is 2.02. The van der Waals surface area contributed by atoms with Crippen LogP contribution < -0.4 is 10.6 Å². The smallest absolute Gasteiger partial charge is 0.305 e. The van der Waals surface area contributed by atoms with Crippen molar-refractivity contribution in [1.82, 2.24) is 5.32 Å². The molecule has 0 spiro atoms. The Bertz CT molecular complexity index is 847. The van der Waals surface area contributed by atoms with Crippen molar-refractivity contribution in [2.75, 3.05) is 11.9 Å². The number of rotatable bonds is 7. The number of halogens is 1. The SMILES string of the molecule is CC(C)(C(=O)Nc1ccc(C(=O)NCCC(=O)O)cc1)c1cccc(Cl)c1. The van der Waals surface area contributed by atoms with Gasteiger partial charge in [0.15, 0.2) is 0 Å². The highest BCUT2D eigenvalue weighted by Crippen LogP contribution is 2.27. The highest BCUT2D eigenvalue weighted by molar-refractivity contribution is 6.30. The summed E-state index contributed by atoms with van der Waals surface area (Å²) in [5, 5.41) is 14.5. The van der Waals surface area contributed by atoms with E-state index in [0.29, 0.717) is 16.3 Å². The van der Waals surface area contributed by atoms with Crippen molar-refractivity contribution in [1.29, 1.82) is 0 Å². The fourth-order valence-electron chi connectivity index (χ4n) is 2.39. The van der Waals surface area contributed by atoms with Crippen LogP contribution in [-0.4, -0.2) is 29.4 Å². The molecule has 2 aromatic carbocycles. The lowest BCUT2D eigenvalue weighted by molar-refractivity contribution is -0.136. The molecule has 3 N–H and O–H groups in total. The third-order valence-corrected chi connectivity index (χ3v) is 4.38. The van der Waals surface area contributed by atoms with Crippen LogP contribution in [0.25, 0.3) is 0 Å². The second-order valence-corrected chi connectivity index (χ2v) is 7.00. The molecule has 0 saturated heterocycles. The van der Waals surface area contributed by atoms with Crippen molar-refractivity contribution < 1.29 is 19.5 Å². The Hall–Kier alpha value is -2.86. The predicted octanol–water partition coefficient (Wildman–Crippen LogP) is 3.46. The lowest BCUT2D eigenvalue weighted by Gasteiger charge is -2.24. The average molecular weight is 389 g/mol. The molecule has 0 unspecified atom stereocenters. The van der Waals surface area contributed by atoms with E-state index in [-0.39, 0.29) is 24.8 Å². The third-order valence-electron chi connectivity index (χ3n) is 4.14. The first-order valence-corrected chi connectivity index (χ1v) is 8.75. The van der Waals surface area contributed by atoms with Crippen molar-refractivity contribution in [3.05, 3.63) is 64.7 Å². The van der Waals surface area contributed by atoms with Gasteiger partial charge in [-0.2, -0.15) is 0 Å². The van der Waals surface area contributed by atoms with E-state index in [0.717, 1.165) is 5.56 Å². The molecular weight excluding hydrogens is 368 g/mol. The van der Waals surface area contributed by atoms with E-state index in [9.17, 15) is 14.4 Å². The zero-order valence-electron chi connectivity index (χ0n) is 15.1. The number of carbonyl (C=O) groups is 3. The number of aliphatic carboxylic acids is 1. The van der Waals surface area contributed by atoms with Gasteiger partial charge in [-0.15, -0.1) is 0 Å². The normalized spacial score (nSPS) is 10.9. The molecule has 0 aliphatic rings. The summed E-state index contributed by atoms with van der Waals surface area (Å²) in [6.45, 7) is 3.66. The van der Waals surface area contributed by atoms with Gasteiger partial charge < -0.3 is 15.7 Å². The van der Waals surface area contributed by atoms with Gasteiger partial charge in [0, 0.05) is 22.8 Å². The Labute approximate surface area is 162 Å². The van der Waals surface area contributed by atoms with Crippen molar-refractivity contribution in [2.24, 2.45) is 0 Å². The largest absolute Gasteiger partial charge is 0.481 e. The Morgan fingerprint density at radius 3 is 2.33 bits per heavy atom. The predicted molar refractivity (Wildman–Crippen MR) is 104 cm³/mol. The van der Waals surface area contributed by atoms with E-state index in [1.54, 1.807) is 56.3 Å². The molecule has 2 amide bonds. The molecule has 0 aliphatic heterocycles. The van der Waals surface area contributed by atoms with E-state index in [4.69, 9.17) is 16.7 Å². The topological polar surface area (TPSA) is 95.5 Å². The maximum Gasteiger partial charge on any atom is 0.305 e. The Morgan fingerprint density at radius 2 is 1.74 bits per heavy atom. The third kappa shape index (κ3) is 5.56. The molecule has 0 aliphatic carbocycles. The van der Waals surface area contributed by atoms with Crippen LogP contribution >= 0.6 is 11.6 Å². The van der Waals surface area contributed by atoms with Crippen LogP contribution in [0.2, 0.25) is 5.02 Å². The minimum atomic E-state index is -0.976. The number of anilines is 1. The lowest BCUT2D eigenvalue weighted by Crippen LogP contribution is -2.34. The summed E-state index contributed by atoms with van der Waals surface area (Å²) in [7, 11) is 0. The summed E-state index contributed by atoms with van der Waals surface area (Å²) in [6.07, 6.45) is -0.140. The molecule has 0 aromatic heterocycles. The van der Waals surface area contributed by atoms with Crippen LogP contribution in [0.3, 0.4) is 0 Å². The van der Waals surface area contributed by atoms with E-state index in [1.165, 1.54) is 0 Å². The first kappa shape index (κ1) is 20.5. The molecule has 0 fully saturated rings. The average Bonchev–Trinajstić information content (AvgIpc) is 2.61. The van der Waals surface area contributed by atoms with E-state index in [1.807, 2.05) is 6.07 Å². The van der Waals surface area contributed by atoms with Gasteiger partial charge in [0.25, 0.3) is 5.91 Å². The van der Waals surface area contributed by atoms with E-state index < -0.39 is 11.4 Å². The summed E-state index contributed by atoms with van der Waals surface area (Å²) in [5.74, 6) is -1.55. The molecule has 0 atom stereocenters. The van der Waals surface area contributed by atoms with Crippen molar-refractivity contribution in [2.45, 2.75) is 25.7 Å². The summed E-state index contributed by atoms with van der Waals surface area (Å²) < 4.78 is 0. The lowest BCUT2D eigenvalue weighted by atomic mass is 9.83. The molecule has 0 saturated carbocycles. The molecule has 142 valence electrons. The molecule has 6 nitrogen and oxygen atoms in total. The maximum absolute atomic E-state index is 12.7. The quantitative estimate of drug-likeness (QED) is 0.676. The van der Waals surface area contributed by atoms with Gasteiger partial charge in [-0.25, -0.2) is 0 Å². The minimum Gasteiger partial charge on any atom is -0.481 e. The van der Waals surface area contributed by atoms with E-state index in [2.05, 4.69) is 10.6 Å². The van der Waals surface area contributed by atoms with Gasteiger partial charge in [0.05, 0.1) is 11.8 Å². The molecule has 0 radical (unpaired) electrons. The van der Waals surface area contributed by atoms with Crippen LogP contribution in [-0.2, 0) is 15.0 Å². The number of nitrogens with one attached hydrogen (secondary N) is 2. The Morgan fingerprint density at radius 1 is 1.07 bits per heavy atom. The van der Waals surface area contributed by atoms with Gasteiger partial charge in [-0.05, 0) is 55.8 Å². The van der Waals surface area contributed by atoms with Gasteiger partial charge in [-0.1, -0.05) is 23.7 Å². The highest BCUT2D eigenvalue weighted by Gasteiger charge is 2.30. The fourth-order valence-corrected chi connectivity index (χ4v) is 2.58. The summed E-state index contributed by atoms with van der Waals surface area (Å²) in [5.41, 5.74) is 0.934. The zero-order chi connectivity index (χ0) is 20.0. The number of hydrogen-bond donors (Lipinski definition) is 3. The monoisotopic (exact) mass is 388 g/mol. The second kappa shape index (κ2) is 8.68. The van der Waals surface area contributed by atoms with Crippen molar-refractivity contribution in [3.8, 4) is 0 Å². The number of benzene rings is 2. The van der Waals surface area contributed by atoms with Crippen LogP contribution in [0, 0.1) is 0 Å². The maximum atomic E-state index is 12.7. The molecule has 2 aromatic rings. The van der Waals surface area contributed by atoms with Gasteiger partial charge >= 0.3 is 5.97 Å². The number of carboxylic acid groups (broad SMARTS) is 1. The number of carbonyl (C=O) groups excluding carboxylic acids is 2. The highest BCUT2D eigenvalue weighted by atomic mass is 35.5. The molecule has 0 bridgehead atoms. The standard InChI is InChI=1S/C20H21ClN2O4/c1-20(2,14-4-3-5-15(21)12-14)19(27)23-16-8-6-13(7-9-16)18(26)22-11-10-17(24)25/h3-9,12H,10-11H2,1-2H3,(H,22,26)(H,23,27)(H,24,25). The van der Waals surface area contributed by atoms with Gasteiger partial charge in [0.1, 0.15) is 0 Å². The first-order chi connectivity index (χ1) is 12.7.